The zero-order chi connectivity index (χ0) is 11.5. The third-order valence-corrected chi connectivity index (χ3v) is 4.73. The summed E-state index contributed by atoms with van der Waals surface area (Å²) in [6, 6.07) is 0.683. The molecule has 0 spiro atoms. The molecule has 2 atom stereocenters. The van der Waals surface area contributed by atoms with Gasteiger partial charge in [-0.2, -0.15) is 11.8 Å². The Hall–Kier alpha value is -0.380. The van der Waals surface area contributed by atoms with Crippen LogP contribution in [0, 0.1) is 5.92 Å². The number of carbonyl (C=O) groups excluding carboxylic acids is 1. The van der Waals surface area contributed by atoms with Crippen molar-refractivity contribution in [3.8, 4) is 0 Å². The predicted octanol–water partition coefficient (Wildman–Crippen LogP) is 2.28. The summed E-state index contributed by atoms with van der Waals surface area (Å²) in [4.78, 5) is 16.5. The van der Waals surface area contributed by atoms with E-state index >= 15 is 0 Å². The molecule has 2 aliphatic heterocycles. The van der Waals surface area contributed by atoms with Crippen LogP contribution in [0.2, 0.25) is 0 Å². The molecule has 0 saturated carbocycles. The van der Waals surface area contributed by atoms with E-state index in [-0.39, 0.29) is 6.03 Å². The van der Waals surface area contributed by atoms with Gasteiger partial charge in [-0.05, 0) is 25.7 Å². The number of hydrogen-bond donors (Lipinski definition) is 0. The van der Waals surface area contributed by atoms with E-state index < -0.39 is 0 Å². The maximum absolute atomic E-state index is 12.4. The summed E-state index contributed by atoms with van der Waals surface area (Å²) in [5.74, 6) is 2.86. The minimum absolute atomic E-state index is 0.277. The van der Waals surface area contributed by atoms with Gasteiger partial charge in [0.05, 0.1) is 0 Å². The summed E-state index contributed by atoms with van der Waals surface area (Å²) in [5.41, 5.74) is 0. The number of piperidine rings is 1. The second kappa shape index (κ2) is 5.30. The summed E-state index contributed by atoms with van der Waals surface area (Å²) in [6.45, 7) is 7.25. The lowest BCUT2D eigenvalue weighted by Gasteiger charge is -2.39. The molecule has 0 aliphatic carbocycles. The molecule has 92 valence electrons. The molecule has 16 heavy (non-hydrogen) atoms. The monoisotopic (exact) mass is 242 g/mol. The third kappa shape index (κ3) is 2.65. The van der Waals surface area contributed by atoms with Gasteiger partial charge in [0.1, 0.15) is 0 Å². The van der Waals surface area contributed by atoms with Crippen molar-refractivity contribution in [3.05, 3.63) is 0 Å². The minimum atomic E-state index is 0.277. The Balaban J connectivity index is 1.94. The smallest absolute Gasteiger partial charge is 0.320 e. The molecule has 4 heteroatoms. The van der Waals surface area contributed by atoms with Crippen molar-refractivity contribution in [2.45, 2.75) is 32.7 Å². The second-order valence-electron chi connectivity index (χ2n) is 5.09. The standard InChI is InChI=1S/C12H22N2OS/c1-10-4-3-5-13(8-10)12(15)14-6-7-16-9-11(14)2/h10-11H,3-9H2,1-2H3. The number of urea groups is 1. The first-order valence-corrected chi connectivity index (χ1v) is 7.47. The lowest BCUT2D eigenvalue weighted by molar-refractivity contribution is 0.123. The van der Waals surface area contributed by atoms with Gasteiger partial charge in [-0.15, -0.1) is 0 Å². The number of likely N-dealkylation sites (tertiary alicyclic amines) is 1. The van der Waals surface area contributed by atoms with E-state index in [2.05, 4.69) is 23.6 Å². The molecule has 2 amide bonds. The van der Waals surface area contributed by atoms with E-state index in [9.17, 15) is 4.79 Å². The number of amides is 2. The first kappa shape index (κ1) is 12.1. The Bertz CT molecular complexity index is 259. The molecule has 2 heterocycles. The minimum Gasteiger partial charge on any atom is -0.324 e. The van der Waals surface area contributed by atoms with Crippen LogP contribution in [0.5, 0.6) is 0 Å². The van der Waals surface area contributed by atoms with Gasteiger partial charge < -0.3 is 9.80 Å². The molecule has 0 N–H and O–H groups in total. The first-order chi connectivity index (χ1) is 7.68. The molecule has 3 nitrogen and oxygen atoms in total. The van der Waals surface area contributed by atoms with Crippen LogP contribution in [0.25, 0.3) is 0 Å². The highest BCUT2D eigenvalue weighted by atomic mass is 32.2. The van der Waals surface area contributed by atoms with E-state index in [4.69, 9.17) is 0 Å². The average molecular weight is 242 g/mol. The number of hydrogen-bond acceptors (Lipinski definition) is 2. The van der Waals surface area contributed by atoms with Crippen LogP contribution >= 0.6 is 11.8 Å². The highest BCUT2D eigenvalue weighted by molar-refractivity contribution is 7.99. The lowest BCUT2D eigenvalue weighted by atomic mass is 10.0. The van der Waals surface area contributed by atoms with Crippen molar-refractivity contribution in [2.75, 3.05) is 31.1 Å². The van der Waals surface area contributed by atoms with Gasteiger partial charge >= 0.3 is 6.03 Å². The quantitative estimate of drug-likeness (QED) is 0.650. The van der Waals surface area contributed by atoms with Crippen LogP contribution in [-0.4, -0.2) is 53.0 Å². The normalized spacial score (nSPS) is 31.6. The molecule has 0 aromatic heterocycles. The molecular formula is C12H22N2OS. The lowest BCUT2D eigenvalue weighted by Crippen LogP contribution is -2.52. The van der Waals surface area contributed by atoms with E-state index in [1.54, 1.807) is 0 Å². The maximum atomic E-state index is 12.4. The van der Waals surface area contributed by atoms with Gasteiger partial charge in [-0.3, -0.25) is 0 Å². The molecule has 0 bridgehead atoms. The van der Waals surface area contributed by atoms with Crippen LogP contribution in [0.15, 0.2) is 0 Å². The van der Waals surface area contributed by atoms with E-state index in [0.717, 1.165) is 31.1 Å². The van der Waals surface area contributed by atoms with Gasteiger partial charge in [0.15, 0.2) is 0 Å². The fraction of sp³-hybridized carbons (Fsp3) is 0.917. The molecule has 2 aliphatic rings. The average Bonchev–Trinajstić information content (AvgIpc) is 2.29. The number of carbonyl (C=O) groups is 1. The van der Waals surface area contributed by atoms with Crippen molar-refractivity contribution >= 4 is 17.8 Å². The molecule has 2 unspecified atom stereocenters. The molecule has 0 radical (unpaired) electrons. The van der Waals surface area contributed by atoms with Gasteiger partial charge in [0.2, 0.25) is 0 Å². The van der Waals surface area contributed by atoms with Crippen LogP contribution in [0.1, 0.15) is 26.7 Å². The largest absolute Gasteiger partial charge is 0.324 e. The van der Waals surface area contributed by atoms with Crippen molar-refractivity contribution in [3.63, 3.8) is 0 Å². The summed E-state index contributed by atoms with van der Waals surface area (Å²) < 4.78 is 0. The first-order valence-electron chi connectivity index (χ1n) is 6.32. The van der Waals surface area contributed by atoms with Gasteiger partial charge in [-0.1, -0.05) is 6.92 Å². The highest BCUT2D eigenvalue weighted by Gasteiger charge is 2.29. The van der Waals surface area contributed by atoms with Crippen LogP contribution in [-0.2, 0) is 0 Å². The summed E-state index contributed by atoms with van der Waals surface area (Å²) in [5, 5.41) is 0. The third-order valence-electron chi connectivity index (χ3n) is 3.54. The maximum Gasteiger partial charge on any atom is 0.320 e. The fourth-order valence-electron chi connectivity index (χ4n) is 2.56. The number of rotatable bonds is 0. The zero-order valence-corrected chi connectivity index (χ0v) is 11.1. The topological polar surface area (TPSA) is 23.6 Å². The summed E-state index contributed by atoms with van der Waals surface area (Å²) >= 11 is 1.96. The van der Waals surface area contributed by atoms with Gasteiger partial charge in [-0.25, -0.2) is 4.79 Å². The van der Waals surface area contributed by atoms with Crippen LogP contribution < -0.4 is 0 Å². The molecule has 2 rings (SSSR count). The van der Waals surface area contributed by atoms with Gasteiger partial charge in [0.25, 0.3) is 0 Å². The Morgan fingerprint density at radius 1 is 1.31 bits per heavy atom. The van der Waals surface area contributed by atoms with E-state index in [1.165, 1.54) is 12.8 Å². The molecule has 0 aromatic carbocycles. The van der Waals surface area contributed by atoms with Crippen molar-refractivity contribution in [1.29, 1.82) is 0 Å². The van der Waals surface area contributed by atoms with Crippen molar-refractivity contribution < 1.29 is 4.79 Å². The molecule has 2 fully saturated rings. The molecule has 2 saturated heterocycles. The number of nitrogens with zero attached hydrogens (tertiary/aromatic N) is 2. The molecular weight excluding hydrogens is 220 g/mol. The Morgan fingerprint density at radius 2 is 2.12 bits per heavy atom. The van der Waals surface area contributed by atoms with E-state index in [0.29, 0.717) is 12.0 Å². The summed E-state index contributed by atoms with van der Waals surface area (Å²) in [6.07, 6.45) is 2.44. The second-order valence-corrected chi connectivity index (χ2v) is 6.24. The zero-order valence-electron chi connectivity index (χ0n) is 10.3. The Labute approximate surface area is 103 Å². The van der Waals surface area contributed by atoms with Crippen molar-refractivity contribution in [2.24, 2.45) is 5.92 Å². The van der Waals surface area contributed by atoms with Crippen molar-refractivity contribution in [1.82, 2.24) is 9.80 Å². The molecule has 0 aromatic rings. The number of thioether (sulfide) groups is 1. The van der Waals surface area contributed by atoms with Crippen LogP contribution in [0.3, 0.4) is 0 Å². The van der Waals surface area contributed by atoms with E-state index in [1.807, 2.05) is 11.8 Å². The SMILES string of the molecule is CC1CCCN(C(=O)N2CCSCC2C)C1. The summed E-state index contributed by atoms with van der Waals surface area (Å²) in [7, 11) is 0. The Morgan fingerprint density at radius 3 is 2.81 bits per heavy atom. The van der Waals surface area contributed by atoms with Gasteiger partial charge in [0, 0.05) is 37.2 Å². The van der Waals surface area contributed by atoms with Crippen LogP contribution in [0.4, 0.5) is 4.79 Å². The fourth-order valence-corrected chi connectivity index (χ4v) is 3.57. The highest BCUT2D eigenvalue weighted by Crippen LogP contribution is 2.21. The Kier molecular flexibility index (Phi) is 4.00. The predicted molar refractivity (Wildman–Crippen MR) is 68.9 cm³/mol.